The first kappa shape index (κ1) is 32.4. The van der Waals surface area contributed by atoms with Gasteiger partial charge in [0.05, 0.1) is 16.1 Å². The Kier molecular flexibility index (Phi) is 8.13. The van der Waals surface area contributed by atoms with Gasteiger partial charge in [0, 0.05) is 44.3 Å². The lowest BCUT2D eigenvalue weighted by atomic mass is 10.00. The molecular formula is C41H27F3N2O3S2. The second-order valence-corrected chi connectivity index (χ2v) is 14.3. The molecule has 0 aliphatic heterocycles. The van der Waals surface area contributed by atoms with Gasteiger partial charge in [0.2, 0.25) is 0 Å². The van der Waals surface area contributed by atoms with Gasteiger partial charge in [-0.15, -0.1) is 11.3 Å². The fourth-order valence-electron chi connectivity index (χ4n) is 6.41. The van der Waals surface area contributed by atoms with Gasteiger partial charge in [-0.05, 0) is 71.4 Å². The van der Waals surface area contributed by atoms with Crippen LogP contribution in [0.25, 0.3) is 30.9 Å². The molecule has 0 spiro atoms. The molecule has 0 fully saturated rings. The molecular weight excluding hydrogens is 690 g/mol. The molecule has 0 saturated carbocycles. The minimum Gasteiger partial charge on any atom is -0.376 e. The molecule has 7 aromatic carbocycles. The molecule has 8 aromatic rings. The van der Waals surface area contributed by atoms with Crippen LogP contribution in [-0.2, 0) is 10.1 Å². The summed E-state index contributed by atoms with van der Waals surface area (Å²) in [6.45, 7) is 0. The van der Waals surface area contributed by atoms with Crippen LogP contribution in [0.2, 0.25) is 0 Å². The van der Waals surface area contributed by atoms with E-state index in [9.17, 15) is 21.6 Å². The van der Waals surface area contributed by atoms with E-state index < -0.39 is 21.4 Å². The number of nitrogens with zero attached hydrogens (tertiary/aromatic N) is 2. The van der Waals surface area contributed by atoms with E-state index in [1.54, 1.807) is 0 Å². The number of hydrogen-bond acceptors (Lipinski definition) is 6. The van der Waals surface area contributed by atoms with Crippen molar-refractivity contribution in [1.82, 2.24) is 0 Å². The molecule has 0 unspecified atom stereocenters. The van der Waals surface area contributed by atoms with Gasteiger partial charge in [-0.3, -0.25) is 0 Å². The highest BCUT2D eigenvalue weighted by Crippen LogP contribution is 2.53. The lowest BCUT2D eigenvalue weighted by molar-refractivity contribution is -0.0500. The Bertz CT molecular complexity index is 2540. The number of benzene rings is 7. The molecule has 0 saturated heterocycles. The van der Waals surface area contributed by atoms with Crippen LogP contribution in [0.4, 0.5) is 47.3 Å². The quantitative estimate of drug-likeness (QED) is 0.116. The third-order valence-electron chi connectivity index (χ3n) is 8.53. The summed E-state index contributed by atoms with van der Waals surface area (Å²) in [5.41, 5.74) is -1.05. The Morgan fingerprint density at radius 1 is 0.529 bits per heavy atom. The summed E-state index contributed by atoms with van der Waals surface area (Å²) < 4.78 is 72.2. The van der Waals surface area contributed by atoms with Crippen molar-refractivity contribution in [1.29, 1.82) is 0 Å². The summed E-state index contributed by atoms with van der Waals surface area (Å²) in [6, 6.07) is 51.5. The van der Waals surface area contributed by atoms with Crippen LogP contribution in [0.3, 0.4) is 0 Å². The lowest BCUT2D eigenvalue weighted by Crippen LogP contribution is -2.28. The first-order chi connectivity index (χ1) is 24.7. The molecule has 0 amide bonds. The molecule has 0 bridgehead atoms. The first-order valence-electron chi connectivity index (χ1n) is 15.9. The van der Waals surface area contributed by atoms with Crippen molar-refractivity contribution in [3.8, 4) is 5.75 Å². The highest BCUT2D eigenvalue weighted by atomic mass is 32.2. The predicted octanol–water partition coefficient (Wildman–Crippen LogP) is 12.4. The summed E-state index contributed by atoms with van der Waals surface area (Å²) in [6.07, 6.45) is 0. The number of rotatable bonds is 8. The molecule has 252 valence electrons. The highest BCUT2D eigenvalue weighted by molar-refractivity contribution is 7.88. The standard InChI is InChI=1S/C41H27F3N2O3S2/c42-41(43,44)51(47,48)49-33-26-35(45(29-16-5-1-6-17-29)30-18-7-2-8-19-30)39-37(27-33)50-40-36(25-28-15-13-14-24-34(28)38(39)40)46(31-20-9-3-10-21-31)32-22-11-4-12-23-32/h1-27H. The summed E-state index contributed by atoms with van der Waals surface area (Å²) in [5.74, 6) is -0.452. The van der Waals surface area contributed by atoms with Gasteiger partial charge < -0.3 is 14.0 Å². The zero-order chi connectivity index (χ0) is 35.2. The number of halogens is 3. The Morgan fingerprint density at radius 3 is 1.47 bits per heavy atom. The second-order valence-electron chi connectivity index (χ2n) is 11.7. The topological polar surface area (TPSA) is 49.9 Å². The van der Waals surface area contributed by atoms with Crippen molar-refractivity contribution in [2.75, 3.05) is 9.80 Å². The van der Waals surface area contributed by atoms with Crippen LogP contribution in [0.15, 0.2) is 164 Å². The lowest BCUT2D eigenvalue weighted by Gasteiger charge is -2.28. The molecule has 8 rings (SSSR count). The summed E-state index contributed by atoms with van der Waals surface area (Å²) in [5, 5.41) is 3.49. The number of anilines is 6. The molecule has 51 heavy (non-hydrogen) atoms. The van der Waals surface area contributed by atoms with Gasteiger partial charge in [0.1, 0.15) is 5.75 Å². The van der Waals surface area contributed by atoms with Crippen molar-refractivity contribution in [2.45, 2.75) is 5.51 Å². The van der Waals surface area contributed by atoms with E-state index in [-0.39, 0.29) is 0 Å². The van der Waals surface area contributed by atoms with Crippen LogP contribution in [0, 0.1) is 0 Å². The number of para-hydroxylation sites is 4. The first-order valence-corrected chi connectivity index (χ1v) is 18.2. The van der Waals surface area contributed by atoms with E-state index in [0.717, 1.165) is 54.7 Å². The van der Waals surface area contributed by atoms with E-state index in [0.29, 0.717) is 10.4 Å². The zero-order valence-corrected chi connectivity index (χ0v) is 28.3. The second kappa shape index (κ2) is 12.8. The Balaban J connectivity index is 1.53. The average molecular weight is 717 g/mol. The van der Waals surface area contributed by atoms with Gasteiger partial charge in [0.25, 0.3) is 0 Å². The third kappa shape index (κ3) is 5.92. The third-order valence-corrected chi connectivity index (χ3v) is 10.7. The van der Waals surface area contributed by atoms with E-state index in [4.69, 9.17) is 4.18 Å². The number of fused-ring (bicyclic) bond motifs is 5. The fraction of sp³-hybridized carbons (Fsp3) is 0.0244. The maximum absolute atomic E-state index is 13.7. The highest BCUT2D eigenvalue weighted by Gasteiger charge is 2.48. The molecule has 0 N–H and O–H groups in total. The summed E-state index contributed by atoms with van der Waals surface area (Å²) in [7, 11) is -5.97. The molecule has 1 heterocycles. The predicted molar refractivity (Wildman–Crippen MR) is 202 cm³/mol. The smallest absolute Gasteiger partial charge is 0.376 e. The van der Waals surface area contributed by atoms with Crippen molar-refractivity contribution in [2.24, 2.45) is 0 Å². The van der Waals surface area contributed by atoms with Gasteiger partial charge in [-0.1, -0.05) is 97.1 Å². The van der Waals surface area contributed by atoms with Crippen LogP contribution in [0.5, 0.6) is 5.75 Å². The number of alkyl halides is 3. The Hall–Kier alpha value is -5.84. The van der Waals surface area contributed by atoms with Crippen molar-refractivity contribution < 1.29 is 25.8 Å². The SMILES string of the molecule is O=S(=O)(Oc1cc(N(c2ccccc2)c2ccccc2)c2c(c1)sc1c(N(c3ccccc3)c3ccccc3)cc3ccccc3c12)C(F)(F)F. The van der Waals surface area contributed by atoms with Crippen molar-refractivity contribution in [3.63, 3.8) is 0 Å². The maximum atomic E-state index is 13.7. The molecule has 5 nitrogen and oxygen atoms in total. The summed E-state index contributed by atoms with van der Waals surface area (Å²) >= 11 is 1.37. The van der Waals surface area contributed by atoms with Gasteiger partial charge >= 0.3 is 15.6 Å². The average Bonchev–Trinajstić information content (AvgIpc) is 3.53. The Morgan fingerprint density at radius 2 is 0.980 bits per heavy atom. The van der Waals surface area contributed by atoms with E-state index >= 15 is 0 Å². The van der Waals surface area contributed by atoms with Crippen LogP contribution in [0.1, 0.15) is 0 Å². The fourth-order valence-corrected chi connectivity index (χ4v) is 8.13. The van der Waals surface area contributed by atoms with Crippen molar-refractivity contribution in [3.05, 3.63) is 164 Å². The van der Waals surface area contributed by atoms with Gasteiger partial charge in [0.15, 0.2) is 0 Å². The monoisotopic (exact) mass is 716 g/mol. The number of hydrogen-bond donors (Lipinski definition) is 0. The van der Waals surface area contributed by atoms with Crippen LogP contribution in [-0.4, -0.2) is 13.9 Å². The largest absolute Gasteiger partial charge is 0.534 e. The van der Waals surface area contributed by atoms with E-state index in [1.165, 1.54) is 23.5 Å². The van der Waals surface area contributed by atoms with Gasteiger partial charge in [-0.2, -0.15) is 21.6 Å². The molecule has 1 aromatic heterocycles. The maximum Gasteiger partial charge on any atom is 0.534 e. The van der Waals surface area contributed by atoms with Gasteiger partial charge in [-0.25, -0.2) is 0 Å². The molecule has 0 radical (unpaired) electrons. The van der Waals surface area contributed by atoms with Crippen molar-refractivity contribution >= 4 is 86.5 Å². The molecule has 0 aliphatic carbocycles. The van der Waals surface area contributed by atoms with Crippen LogP contribution >= 0.6 is 11.3 Å². The van der Waals surface area contributed by atoms with Crippen LogP contribution < -0.4 is 14.0 Å². The molecule has 0 atom stereocenters. The minimum absolute atomic E-state index is 0.452. The van der Waals surface area contributed by atoms with E-state index in [1.807, 2.05) is 150 Å². The normalized spacial score (nSPS) is 12.0. The van der Waals surface area contributed by atoms with E-state index in [2.05, 4.69) is 11.0 Å². The molecule has 0 aliphatic rings. The minimum atomic E-state index is -5.97. The molecule has 10 heteroatoms. The number of thiophene rings is 1. The Labute approximate surface area is 296 Å². The zero-order valence-electron chi connectivity index (χ0n) is 26.7. The summed E-state index contributed by atoms with van der Waals surface area (Å²) in [4.78, 5) is 4.07.